The van der Waals surface area contributed by atoms with E-state index in [-0.39, 0.29) is 0 Å². The summed E-state index contributed by atoms with van der Waals surface area (Å²) < 4.78 is 0. The Kier molecular flexibility index (Phi) is 5.94. The fraction of sp³-hybridized carbons (Fsp3) is 0.571. The van der Waals surface area contributed by atoms with Gasteiger partial charge < -0.3 is 0 Å². The molecule has 0 aromatic carbocycles. The molecule has 0 aliphatic carbocycles. The van der Waals surface area contributed by atoms with Crippen molar-refractivity contribution in [3.8, 4) is 0 Å². The van der Waals surface area contributed by atoms with E-state index in [0.29, 0.717) is 6.42 Å². The molecule has 0 saturated carbocycles. The Labute approximate surface area is 50.4 Å². The van der Waals surface area contributed by atoms with Crippen molar-refractivity contribution in [3.63, 3.8) is 0 Å². The van der Waals surface area contributed by atoms with Crippen molar-refractivity contribution < 1.29 is 4.79 Å². The van der Waals surface area contributed by atoms with Crippen LogP contribution in [0.2, 0.25) is 0 Å². The molecule has 0 saturated heterocycles. The van der Waals surface area contributed by atoms with Crippen LogP contribution in [0.1, 0.15) is 26.2 Å². The minimum atomic E-state index is 0.574. The molecule has 0 unspecified atom stereocenters. The van der Waals surface area contributed by atoms with Crippen LogP contribution in [0.3, 0.4) is 0 Å². The smallest absolute Gasteiger partial charge is 0.198 e. The summed E-state index contributed by atoms with van der Waals surface area (Å²) in [6.45, 7) is 1.98. The quantitative estimate of drug-likeness (QED) is 0.399. The predicted octanol–water partition coefficient (Wildman–Crippen LogP) is 1.84. The van der Waals surface area contributed by atoms with Gasteiger partial charge in [-0.25, -0.2) is 0 Å². The predicted molar refractivity (Wildman–Crippen MR) is 34.4 cm³/mol. The zero-order chi connectivity index (χ0) is 6.24. The van der Waals surface area contributed by atoms with Crippen LogP contribution in [0.15, 0.2) is 12.2 Å². The average Bonchev–Trinajstić information content (AvgIpc) is 1.81. The first-order valence-corrected chi connectivity index (χ1v) is 2.88. The van der Waals surface area contributed by atoms with E-state index in [1.165, 1.54) is 0 Å². The molecule has 0 N–H and O–H groups in total. The summed E-state index contributed by atoms with van der Waals surface area (Å²) in [5, 5.41) is 0. The molecule has 8 heavy (non-hydrogen) atoms. The summed E-state index contributed by atoms with van der Waals surface area (Å²) in [7, 11) is 0. The lowest BCUT2D eigenvalue weighted by Gasteiger charge is -1.82. The van der Waals surface area contributed by atoms with Crippen molar-refractivity contribution in [1.29, 1.82) is 0 Å². The van der Waals surface area contributed by atoms with E-state index >= 15 is 0 Å². The highest BCUT2D eigenvalue weighted by atomic mass is 16.1. The van der Waals surface area contributed by atoms with Crippen LogP contribution in [0.5, 0.6) is 0 Å². The minimum absolute atomic E-state index is 0.574. The number of hydrogen-bond acceptors (Lipinski definition) is 1. The average molecular weight is 111 g/mol. The normalized spacial score (nSPS) is 10.1. The second kappa shape index (κ2) is 6.41. The van der Waals surface area contributed by atoms with Crippen molar-refractivity contribution in [2.24, 2.45) is 0 Å². The summed E-state index contributed by atoms with van der Waals surface area (Å²) in [5.41, 5.74) is 0. The van der Waals surface area contributed by atoms with E-state index in [1.807, 2.05) is 19.3 Å². The third kappa shape index (κ3) is 5.41. The third-order valence-electron chi connectivity index (χ3n) is 0.885. The van der Waals surface area contributed by atoms with Gasteiger partial charge in [0.1, 0.15) is 0 Å². The summed E-state index contributed by atoms with van der Waals surface area (Å²) in [6, 6.07) is 0. The largest absolute Gasteiger partial charge is 0.291 e. The van der Waals surface area contributed by atoms with Gasteiger partial charge in [0.15, 0.2) is 6.29 Å². The maximum absolute atomic E-state index is 9.62. The summed E-state index contributed by atoms with van der Waals surface area (Å²) in [5.74, 6) is 0. The lowest BCUT2D eigenvalue weighted by molar-refractivity contribution is 0.549. The zero-order valence-electron chi connectivity index (χ0n) is 5.18. The Morgan fingerprint density at radius 1 is 1.62 bits per heavy atom. The molecule has 1 heteroatoms. The van der Waals surface area contributed by atoms with Gasteiger partial charge in [-0.05, 0) is 19.8 Å². The van der Waals surface area contributed by atoms with Gasteiger partial charge in [-0.3, -0.25) is 4.79 Å². The molecule has 0 bridgehead atoms. The first-order chi connectivity index (χ1) is 3.91. The molecule has 0 aliphatic heterocycles. The molecule has 0 amide bonds. The molecule has 0 aromatic rings. The maximum atomic E-state index is 9.62. The van der Waals surface area contributed by atoms with Crippen molar-refractivity contribution >= 4 is 6.29 Å². The van der Waals surface area contributed by atoms with Crippen LogP contribution >= 0.6 is 0 Å². The van der Waals surface area contributed by atoms with Crippen LogP contribution in [0, 0.1) is 0 Å². The molecule has 0 aromatic heterocycles. The third-order valence-corrected chi connectivity index (χ3v) is 0.885. The summed E-state index contributed by atoms with van der Waals surface area (Å²) >= 11 is 0. The highest BCUT2D eigenvalue weighted by Gasteiger charge is 1.79. The molecule has 0 heterocycles. The van der Waals surface area contributed by atoms with Crippen molar-refractivity contribution in [2.75, 3.05) is 0 Å². The van der Waals surface area contributed by atoms with Crippen LogP contribution in [0.4, 0.5) is 0 Å². The standard InChI is InChI=1S/C7H11O/c1-2-3-4-5-6-7-8/h2-3H,4-6H2,1H3/b3-2+. The second-order valence-electron chi connectivity index (χ2n) is 1.61. The molecule has 0 spiro atoms. The molecule has 45 valence electrons. The number of allylic oxidation sites excluding steroid dienone is 2. The van der Waals surface area contributed by atoms with Gasteiger partial charge in [0.05, 0.1) is 0 Å². The summed E-state index contributed by atoms with van der Waals surface area (Å²) in [4.78, 5) is 9.62. The summed E-state index contributed by atoms with van der Waals surface area (Å²) in [6.07, 6.45) is 8.40. The van der Waals surface area contributed by atoms with Crippen molar-refractivity contribution in [2.45, 2.75) is 26.2 Å². The van der Waals surface area contributed by atoms with E-state index in [4.69, 9.17) is 0 Å². The van der Waals surface area contributed by atoms with E-state index < -0.39 is 0 Å². The Balaban J connectivity index is 2.82. The fourth-order valence-corrected chi connectivity index (χ4v) is 0.459. The first kappa shape index (κ1) is 7.41. The molecule has 0 aliphatic rings. The molecule has 0 atom stereocenters. The number of hydrogen-bond donors (Lipinski definition) is 0. The van der Waals surface area contributed by atoms with Gasteiger partial charge in [-0.2, -0.15) is 0 Å². The highest BCUT2D eigenvalue weighted by Crippen LogP contribution is 1.92. The van der Waals surface area contributed by atoms with Gasteiger partial charge >= 0.3 is 0 Å². The maximum Gasteiger partial charge on any atom is 0.198 e. The molecule has 0 rings (SSSR count). The van der Waals surface area contributed by atoms with Crippen LogP contribution < -0.4 is 0 Å². The SMILES string of the molecule is C/C=C/CCC[C]=O. The van der Waals surface area contributed by atoms with E-state index in [2.05, 4.69) is 6.08 Å². The molecule has 1 radical (unpaired) electrons. The molecule has 0 fully saturated rings. The minimum Gasteiger partial charge on any atom is -0.291 e. The second-order valence-corrected chi connectivity index (χ2v) is 1.61. The Morgan fingerprint density at radius 2 is 2.38 bits per heavy atom. The van der Waals surface area contributed by atoms with Gasteiger partial charge in [-0.15, -0.1) is 0 Å². The molecule has 1 nitrogen and oxygen atoms in total. The Morgan fingerprint density at radius 3 is 2.88 bits per heavy atom. The highest BCUT2D eigenvalue weighted by molar-refractivity contribution is 5.50. The molecular weight excluding hydrogens is 100 g/mol. The topological polar surface area (TPSA) is 17.1 Å². The zero-order valence-corrected chi connectivity index (χ0v) is 5.18. The van der Waals surface area contributed by atoms with Crippen LogP contribution in [-0.4, -0.2) is 6.29 Å². The van der Waals surface area contributed by atoms with Gasteiger partial charge in [0, 0.05) is 6.42 Å². The molecular formula is C7H11O. The lowest BCUT2D eigenvalue weighted by Crippen LogP contribution is -1.72. The van der Waals surface area contributed by atoms with Crippen LogP contribution in [0.25, 0.3) is 0 Å². The fourth-order valence-electron chi connectivity index (χ4n) is 0.459. The van der Waals surface area contributed by atoms with E-state index in [1.54, 1.807) is 0 Å². The number of carbonyl (C=O) groups excluding carboxylic acids is 1. The van der Waals surface area contributed by atoms with E-state index in [0.717, 1.165) is 12.8 Å². The monoisotopic (exact) mass is 111 g/mol. The van der Waals surface area contributed by atoms with E-state index in [9.17, 15) is 4.79 Å². The van der Waals surface area contributed by atoms with Crippen molar-refractivity contribution in [1.82, 2.24) is 0 Å². The first-order valence-electron chi connectivity index (χ1n) is 2.88. The Bertz CT molecular complexity index is 74.5. The van der Waals surface area contributed by atoms with Gasteiger partial charge in [0.25, 0.3) is 0 Å². The lowest BCUT2D eigenvalue weighted by atomic mass is 10.2. The van der Waals surface area contributed by atoms with Crippen molar-refractivity contribution in [3.05, 3.63) is 12.2 Å². The van der Waals surface area contributed by atoms with Gasteiger partial charge in [0.2, 0.25) is 0 Å². The van der Waals surface area contributed by atoms with Crippen LogP contribution in [-0.2, 0) is 4.79 Å². The number of unbranched alkanes of at least 4 members (excludes halogenated alkanes) is 2. The Hall–Kier alpha value is -0.590. The number of rotatable bonds is 4. The van der Waals surface area contributed by atoms with Gasteiger partial charge in [-0.1, -0.05) is 12.2 Å².